The molecule has 0 bridgehead atoms. The number of thioether (sulfide) groups is 1. The van der Waals surface area contributed by atoms with Crippen LogP contribution < -0.4 is 26.0 Å². The highest BCUT2D eigenvalue weighted by Gasteiger charge is 2.47. The molecule has 2 aromatic carbocycles. The summed E-state index contributed by atoms with van der Waals surface area (Å²) in [5.41, 5.74) is 1.85. The second-order valence-corrected chi connectivity index (χ2v) is 26.0. The van der Waals surface area contributed by atoms with Crippen LogP contribution in [0.1, 0.15) is 73.7 Å². The number of fused-ring (bicyclic) bond motifs is 1. The molecular formula is C63H87F2IN12O15S. The van der Waals surface area contributed by atoms with E-state index in [9.17, 15) is 77.6 Å². The molecule has 0 radical (unpaired) electrons. The number of likely N-dealkylation sites (tertiary alicyclic amines) is 2. The van der Waals surface area contributed by atoms with Crippen LogP contribution in [0.2, 0.25) is 0 Å². The number of nitrogens with one attached hydrogen (secondary N) is 4. The monoisotopic (exact) mass is 1450 g/mol. The minimum Gasteiger partial charge on any atom is -0.494 e. The third-order valence-corrected chi connectivity index (χ3v) is 18.1. The van der Waals surface area contributed by atoms with Crippen molar-refractivity contribution in [1.82, 2.24) is 55.7 Å². The van der Waals surface area contributed by atoms with Crippen molar-refractivity contribution in [1.29, 1.82) is 5.26 Å². The zero-order chi connectivity index (χ0) is 68.0. The number of aliphatic hydroxyl groups excluding tert-OH is 1. The fraction of sp³-hybridized carbons (Fsp3) is 0.603. The molecule has 3 saturated heterocycles. The number of hydrogen-bond acceptors (Lipinski definition) is 19. The Bertz CT molecular complexity index is 3020. The number of carbonyl (C=O) groups excluding carboxylic acids is 6. The smallest absolute Gasteiger partial charge is 0.317 e. The van der Waals surface area contributed by atoms with Gasteiger partial charge in [0, 0.05) is 125 Å². The van der Waals surface area contributed by atoms with Crippen molar-refractivity contribution in [3.8, 4) is 11.8 Å². The Kier molecular flexibility index (Phi) is 32.2. The maximum atomic E-state index is 13.9. The minimum atomic E-state index is -3.18. The summed E-state index contributed by atoms with van der Waals surface area (Å²) >= 11 is 3.51. The predicted octanol–water partition coefficient (Wildman–Crippen LogP) is 1.83. The third kappa shape index (κ3) is 27.4. The molecule has 0 saturated carbocycles. The van der Waals surface area contributed by atoms with E-state index in [4.69, 9.17) is 9.47 Å². The van der Waals surface area contributed by atoms with Crippen molar-refractivity contribution >= 4 is 98.6 Å². The molecule has 3 aliphatic heterocycles. The number of unbranched alkanes of at least 4 members (excludes halogenated alkanes) is 1. The van der Waals surface area contributed by atoms with Gasteiger partial charge in [0.05, 0.1) is 69.6 Å². The standard InChI is InChI=1S/C63H87F2IN12O15S/c64-63(65)35-47(36-67)78(43-63)56(82)37-71-60(89)49-13-17-68-51-12-11-48(34-50(49)51)93-30-2-1-4-45-14-20-77(21-15-45)62(91)53(79)42-94-33-19-70-61(90)52(16-31-92-32-18-69-54(80)6-3-5-44-7-9-46(66)10-8-44)72-55(81)38-73-22-24-74(39-57(83)84)26-28-76(41-59(87)88)29-27-75(25-23-73)40-58(85)86/h7-13,17,34,45,47,52-53,79H,1-6,14-16,18-33,35,37-43H2,(H,69,80)(H,70,90)(H,71,89)(H,72,81)(H,83,84)(H,85,86)(H,87,88)/t47-,52+,53-/m1/s1. The Morgan fingerprint density at radius 2 is 1.37 bits per heavy atom. The van der Waals surface area contributed by atoms with E-state index in [-0.39, 0.29) is 134 Å². The number of amides is 6. The van der Waals surface area contributed by atoms with Crippen molar-refractivity contribution in [3.63, 3.8) is 0 Å². The van der Waals surface area contributed by atoms with Gasteiger partial charge in [-0.1, -0.05) is 18.6 Å². The number of benzene rings is 2. The molecule has 31 heteroatoms. The number of nitrogens with zero attached hydrogens (tertiary/aromatic N) is 8. The van der Waals surface area contributed by atoms with E-state index in [1.54, 1.807) is 48.8 Å². The number of aliphatic carboxylic acids is 3. The van der Waals surface area contributed by atoms with Gasteiger partial charge in [0.1, 0.15) is 23.9 Å². The molecule has 1 aromatic heterocycles. The average molecular weight is 1450 g/mol. The maximum absolute atomic E-state index is 13.9. The molecular weight excluding hydrogens is 1360 g/mol. The van der Waals surface area contributed by atoms with Gasteiger partial charge in [-0.25, -0.2) is 8.78 Å². The normalized spacial score (nSPS) is 17.8. The molecule has 0 aliphatic carbocycles. The lowest BCUT2D eigenvalue weighted by Crippen LogP contribution is -2.52. The highest BCUT2D eigenvalue weighted by Crippen LogP contribution is 2.32. The summed E-state index contributed by atoms with van der Waals surface area (Å²) in [4.78, 5) is 128. The summed E-state index contributed by atoms with van der Waals surface area (Å²) in [5.74, 6) is -8.16. The number of aromatic nitrogens is 1. The number of alkyl halides is 2. The second-order valence-electron chi connectivity index (χ2n) is 23.6. The van der Waals surface area contributed by atoms with Gasteiger partial charge >= 0.3 is 17.9 Å². The van der Waals surface area contributed by atoms with Gasteiger partial charge in [0.25, 0.3) is 17.7 Å². The first-order chi connectivity index (χ1) is 45.0. The number of carboxylic acid groups (broad SMARTS) is 3. The van der Waals surface area contributed by atoms with Crippen molar-refractivity contribution in [2.45, 2.75) is 88.3 Å². The Balaban J connectivity index is 0.920. The van der Waals surface area contributed by atoms with Gasteiger partial charge in [-0.2, -0.15) is 17.0 Å². The molecule has 0 unspecified atom stereocenters. The number of aryl methyl sites for hydroxylation is 1. The van der Waals surface area contributed by atoms with E-state index in [2.05, 4.69) is 48.8 Å². The SMILES string of the molecule is N#C[C@H]1CC(F)(F)CN1C(=O)CNC(=O)c1ccnc2ccc(OCCCCC3CCN(C(=O)[C@H](O)CSCCNC(=O)[C@H](CCOCCNC(=O)CCCc4ccc(I)cc4)NC(=O)CN4CCN(CC(=O)O)CCN(CC(=O)O)CCN(CC(=O)O)CC4)CC3)cc12. The lowest BCUT2D eigenvalue weighted by Gasteiger charge is -2.33. The number of halogens is 3. The molecule has 3 aromatic rings. The first-order valence-electron chi connectivity index (χ1n) is 31.7. The zero-order valence-electron chi connectivity index (χ0n) is 52.7. The fourth-order valence-corrected chi connectivity index (χ4v) is 12.4. The number of piperidine rings is 1. The molecule has 516 valence electrons. The predicted molar refractivity (Wildman–Crippen MR) is 351 cm³/mol. The van der Waals surface area contributed by atoms with Gasteiger partial charge in [-0.15, -0.1) is 0 Å². The number of rotatable bonds is 35. The second kappa shape index (κ2) is 39.8. The Morgan fingerprint density at radius 1 is 0.745 bits per heavy atom. The molecule has 6 rings (SSSR count). The van der Waals surface area contributed by atoms with E-state index in [1.807, 2.05) is 24.3 Å². The number of aliphatic hydroxyl groups is 1. The molecule has 94 heavy (non-hydrogen) atoms. The Hall–Kier alpha value is -6.93. The van der Waals surface area contributed by atoms with E-state index in [1.165, 1.54) is 24.0 Å². The summed E-state index contributed by atoms with van der Waals surface area (Å²) in [6.07, 6.45) is 5.22. The van der Waals surface area contributed by atoms with E-state index in [0.29, 0.717) is 60.9 Å². The maximum Gasteiger partial charge on any atom is 0.317 e. The lowest BCUT2D eigenvalue weighted by molar-refractivity contribution is -0.140. The van der Waals surface area contributed by atoms with Crippen LogP contribution in [0.3, 0.4) is 0 Å². The number of hydrogen-bond donors (Lipinski definition) is 8. The highest BCUT2D eigenvalue weighted by molar-refractivity contribution is 14.1. The van der Waals surface area contributed by atoms with E-state index < -0.39 is 85.2 Å². The van der Waals surface area contributed by atoms with Crippen LogP contribution in [0.4, 0.5) is 8.78 Å². The van der Waals surface area contributed by atoms with E-state index in [0.717, 1.165) is 52.6 Å². The van der Waals surface area contributed by atoms with Gasteiger partial charge in [0.15, 0.2) is 0 Å². The van der Waals surface area contributed by atoms with Gasteiger partial charge < -0.3 is 61.0 Å². The summed E-state index contributed by atoms with van der Waals surface area (Å²) in [7, 11) is 0. The van der Waals surface area contributed by atoms with Crippen molar-refractivity contribution in [3.05, 3.63) is 69.4 Å². The fourth-order valence-electron chi connectivity index (χ4n) is 11.2. The van der Waals surface area contributed by atoms with Crippen LogP contribution in [0.5, 0.6) is 5.75 Å². The summed E-state index contributed by atoms with van der Waals surface area (Å²) in [6.45, 7) is 0.732. The van der Waals surface area contributed by atoms with Crippen LogP contribution >= 0.6 is 34.4 Å². The van der Waals surface area contributed by atoms with Crippen LogP contribution in [-0.4, -0.2) is 281 Å². The number of carboxylic acids is 3. The minimum absolute atomic E-state index is 0.0335. The number of nitriles is 1. The lowest BCUT2D eigenvalue weighted by atomic mass is 9.91. The number of carbonyl (C=O) groups is 9. The van der Waals surface area contributed by atoms with Gasteiger partial charge in [0.2, 0.25) is 23.6 Å². The molecule has 3 aliphatic rings. The topological polar surface area (TPSA) is 357 Å². The molecule has 3 atom stereocenters. The molecule has 0 spiro atoms. The Morgan fingerprint density at radius 3 is 1.99 bits per heavy atom. The first kappa shape index (κ1) is 76.1. The molecule has 3 fully saturated rings. The quantitative estimate of drug-likeness (QED) is 0.0308. The average Bonchev–Trinajstić information content (AvgIpc) is 1.22. The molecule has 4 heterocycles. The summed E-state index contributed by atoms with van der Waals surface area (Å²) in [6, 6.07) is 14.0. The highest BCUT2D eigenvalue weighted by atomic mass is 127. The van der Waals surface area contributed by atoms with Crippen molar-refractivity contribution in [2.24, 2.45) is 5.92 Å². The summed E-state index contributed by atoms with van der Waals surface area (Å²) in [5, 5.41) is 60.5. The molecule has 6 amide bonds. The van der Waals surface area contributed by atoms with Crippen molar-refractivity contribution in [2.75, 3.05) is 149 Å². The zero-order valence-corrected chi connectivity index (χ0v) is 55.7. The van der Waals surface area contributed by atoms with Gasteiger partial charge in [-0.05, 0) is 115 Å². The molecule has 8 N–H and O–H groups in total. The van der Waals surface area contributed by atoms with Crippen LogP contribution in [0.25, 0.3) is 10.9 Å². The largest absolute Gasteiger partial charge is 0.494 e. The van der Waals surface area contributed by atoms with E-state index >= 15 is 0 Å². The van der Waals surface area contributed by atoms with Crippen LogP contribution in [0.15, 0.2) is 54.7 Å². The van der Waals surface area contributed by atoms with Crippen LogP contribution in [-0.2, 0) is 49.5 Å². The third-order valence-electron chi connectivity index (χ3n) is 16.3. The van der Waals surface area contributed by atoms with Crippen molar-refractivity contribution < 1.29 is 81.8 Å². The Labute approximate surface area is 563 Å². The first-order valence-corrected chi connectivity index (χ1v) is 33.9. The van der Waals surface area contributed by atoms with Gasteiger partial charge in [-0.3, -0.25) is 67.7 Å². The van der Waals surface area contributed by atoms with Crippen LogP contribution in [0, 0.1) is 20.8 Å². The molecule has 27 nitrogen and oxygen atoms in total. The summed E-state index contributed by atoms with van der Waals surface area (Å²) < 4.78 is 40.8. The number of ether oxygens (including phenoxy) is 2. The number of pyridine rings is 1.